The van der Waals surface area contributed by atoms with Gasteiger partial charge in [0.1, 0.15) is 0 Å². The zero-order valence-electron chi connectivity index (χ0n) is 17.0. The van der Waals surface area contributed by atoms with Crippen molar-refractivity contribution in [2.45, 2.75) is 19.3 Å². The van der Waals surface area contributed by atoms with Gasteiger partial charge in [0.25, 0.3) is 0 Å². The van der Waals surface area contributed by atoms with Crippen molar-refractivity contribution in [1.29, 1.82) is 0 Å². The lowest BCUT2D eigenvalue weighted by molar-refractivity contribution is -0.139. The second-order valence-electron chi connectivity index (χ2n) is 7.03. The third-order valence-electron chi connectivity index (χ3n) is 4.79. The first-order chi connectivity index (χ1) is 14.9. The number of phenols is 3. The Labute approximate surface area is 179 Å². The molecular weight excluding hydrogens is 398 g/mol. The van der Waals surface area contributed by atoms with Crippen molar-refractivity contribution in [1.82, 2.24) is 0 Å². The van der Waals surface area contributed by atoms with E-state index < -0.39 is 17.2 Å². The fraction of sp³-hybridized carbons (Fsp3) is 0.167. The highest BCUT2D eigenvalue weighted by atomic mass is 16.5. The molecule has 1 amide bonds. The fourth-order valence-electron chi connectivity index (χ4n) is 3.21. The molecule has 0 aliphatic heterocycles. The lowest BCUT2D eigenvalue weighted by Crippen LogP contribution is -2.13. The average molecular weight is 421 g/mol. The third-order valence-corrected chi connectivity index (χ3v) is 4.79. The first kappa shape index (κ1) is 21.7. The minimum absolute atomic E-state index is 0.111. The fourth-order valence-corrected chi connectivity index (χ4v) is 3.21. The maximum atomic E-state index is 12.5. The largest absolute Gasteiger partial charge is 0.504 e. The van der Waals surface area contributed by atoms with E-state index in [0.717, 1.165) is 16.7 Å². The van der Waals surface area contributed by atoms with Crippen molar-refractivity contribution in [3.8, 4) is 28.4 Å². The van der Waals surface area contributed by atoms with E-state index >= 15 is 0 Å². The predicted molar refractivity (Wildman–Crippen MR) is 116 cm³/mol. The molecule has 31 heavy (non-hydrogen) atoms. The number of benzene rings is 3. The van der Waals surface area contributed by atoms with E-state index in [2.05, 4.69) is 5.32 Å². The number of hydrogen-bond donors (Lipinski definition) is 4. The van der Waals surface area contributed by atoms with Gasteiger partial charge in [0, 0.05) is 17.7 Å². The summed E-state index contributed by atoms with van der Waals surface area (Å²) in [6.45, 7) is 0. The number of carbonyl (C=O) groups excluding carboxylic acids is 2. The Morgan fingerprint density at radius 3 is 2.32 bits per heavy atom. The molecule has 0 heterocycles. The Balaban J connectivity index is 1.73. The maximum absolute atomic E-state index is 12.5. The molecule has 0 fully saturated rings. The van der Waals surface area contributed by atoms with Gasteiger partial charge in [-0.25, -0.2) is 0 Å². The molecule has 0 spiro atoms. The van der Waals surface area contributed by atoms with Crippen LogP contribution in [0.1, 0.15) is 17.5 Å². The smallest absolute Gasteiger partial charge is 0.309 e. The first-order valence-corrected chi connectivity index (χ1v) is 9.66. The van der Waals surface area contributed by atoms with Crippen LogP contribution in [0, 0.1) is 0 Å². The number of ether oxygens (including phenoxy) is 1. The van der Waals surface area contributed by atoms with Gasteiger partial charge in [-0.3, -0.25) is 9.59 Å². The van der Waals surface area contributed by atoms with Gasteiger partial charge in [0.2, 0.25) is 5.91 Å². The molecule has 0 atom stereocenters. The molecule has 0 aliphatic carbocycles. The van der Waals surface area contributed by atoms with Crippen molar-refractivity contribution in [2.75, 3.05) is 12.4 Å². The van der Waals surface area contributed by atoms with E-state index in [1.54, 1.807) is 6.07 Å². The van der Waals surface area contributed by atoms with Crippen LogP contribution in [0.15, 0.2) is 60.7 Å². The van der Waals surface area contributed by atoms with E-state index in [-0.39, 0.29) is 31.1 Å². The highest BCUT2D eigenvalue weighted by Crippen LogP contribution is 2.35. The third kappa shape index (κ3) is 5.54. The summed E-state index contributed by atoms with van der Waals surface area (Å²) in [6, 6.07) is 17.4. The van der Waals surface area contributed by atoms with Crippen molar-refractivity contribution in [2.24, 2.45) is 0 Å². The molecule has 0 aliphatic rings. The van der Waals surface area contributed by atoms with Gasteiger partial charge in [-0.1, -0.05) is 42.5 Å². The molecule has 4 N–H and O–H groups in total. The summed E-state index contributed by atoms with van der Waals surface area (Å²) in [6.07, 6.45) is 0.537. The lowest BCUT2D eigenvalue weighted by atomic mass is 10.00. The number of hydrogen-bond acceptors (Lipinski definition) is 6. The minimum Gasteiger partial charge on any atom is -0.504 e. The molecule has 0 saturated heterocycles. The van der Waals surface area contributed by atoms with E-state index in [9.17, 15) is 24.9 Å². The van der Waals surface area contributed by atoms with E-state index in [1.165, 1.54) is 19.2 Å². The van der Waals surface area contributed by atoms with Crippen LogP contribution in [0.2, 0.25) is 0 Å². The number of aryl methyl sites for hydroxylation is 1. The number of carbonyl (C=O) groups is 2. The Hall–Kier alpha value is -4.00. The van der Waals surface area contributed by atoms with Crippen LogP contribution >= 0.6 is 0 Å². The van der Waals surface area contributed by atoms with E-state index in [4.69, 9.17) is 4.74 Å². The maximum Gasteiger partial charge on any atom is 0.309 e. The van der Waals surface area contributed by atoms with Crippen LogP contribution in [-0.4, -0.2) is 34.3 Å². The van der Waals surface area contributed by atoms with Gasteiger partial charge in [-0.2, -0.15) is 0 Å². The monoisotopic (exact) mass is 421 g/mol. The van der Waals surface area contributed by atoms with Crippen LogP contribution in [0.5, 0.6) is 17.2 Å². The molecule has 160 valence electrons. The van der Waals surface area contributed by atoms with Crippen molar-refractivity contribution < 1.29 is 29.6 Å². The Bertz CT molecular complexity index is 1090. The normalized spacial score (nSPS) is 10.5. The average Bonchev–Trinajstić information content (AvgIpc) is 2.76. The second-order valence-corrected chi connectivity index (χ2v) is 7.03. The summed E-state index contributed by atoms with van der Waals surface area (Å²) in [5, 5.41) is 31.5. The summed E-state index contributed by atoms with van der Waals surface area (Å²) < 4.78 is 4.72. The highest BCUT2D eigenvalue weighted by molar-refractivity contribution is 5.95. The van der Waals surface area contributed by atoms with Gasteiger partial charge in [-0.15, -0.1) is 0 Å². The summed E-state index contributed by atoms with van der Waals surface area (Å²) in [5.41, 5.74) is 3.61. The molecule has 3 aromatic rings. The standard InChI is InChI=1S/C24H23NO6/c1-31-23(29)14-15-5-4-6-17(11-15)18-7-2-3-8-19(18)25-22(28)10-9-16-12-20(26)24(30)21(27)13-16/h2-8,11-13,26-27,30H,9-10,14H2,1H3,(H,25,28). The number of para-hydroxylation sites is 1. The summed E-state index contributed by atoms with van der Waals surface area (Å²) in [7, 11) is 1.35. The number of amides is 1. The Kier molecular flexibility index (Phi) is 6.77. The molecule has 0 saturated carbocycles. The molecule has 3 rings (SSSR count). The Morgan fingerprint density at radius 1 is 0.903 bits per heavy atom. The van der Waals surface area contributed by atoms with Crippen LogP contribution in [0.4, 0.5) is 5.69 Å². The van der Waals surface area contributed by atoms with Crippen LogP contribution in [-0.2, 0) is 27.2 Å². The number of phenolic OH excluding ortho intramolecular Hbond substituents is 3. The SMILES string of the molecule is COC(=O)Cc1cccc(-c2ccccc2NC(=O)CCc2cc(O)c(O)c(O)c2)c1. The number of aromatic hydroxyl groups is 3. The molecular formula is C24H23NO6. The molecule has 7 heteroatoms. The van der Waals surface area contributed by atoms with Crippen molar-refractivity contribution >= 4 is 17.6 Å². The van der Waals surface area contributed by atoms with Crippen LogP contribution in [0.3, 0.4) is 0 Å². The zero-order valence-corrected chi connectivity index (χ0v) is 17.0. The van der Waals surface area contributed by atoms with Gasteiger partial charge >= 0.3 is 5.97 Å². The van der Waals surface area contributed by atoms with Crippen molar-refractivity contribution in [3.63, 3.8) is 0 Å². The molecule has 3 aromatic carbocycles. The Morgan fingerprint density at radius 2 is 1.61 bits per heavy atom. The van der Waals surface area contributed by atoms with Crippen molar-refractivity contribution in [3.05, 3.63) is 71.8 Å². The van der Waals surface area contributed by atoms with Gasteiger partial charge in [-0.05, 0) is 41.3 Å². The van der Waals surface area contributed by atoms with Gasteiger partial charge in [0.15, 0.2) is 17.2 Å². The molecule has 0 radical (unpaired) electrons. The number of nitrogens with one attached hydrogen (secondary N) is 1. The van der Waals surface area contributed by atoms with Crippen LogP contribution in [0.25, 0.3) is 11.1 Å². The van der Waals surface area contributed by atoms with E-state index in [1.807, 2.05) is 42.5 Å². The molecule has 0 bridgehead atoms. The summed E-state index contributed by atoms with van der Waals surface area (Å²) in [5.74, 6) is -2.04. The molecule has 0 aromatic heterocycles. The zero-order chi connectivity index (χ0) is 22.4. The predicted octanol–water partition coefficient (Wildman–Crippen LogP) is 3.76. The number of methoxy groups -OCH3 is 1. The van der Waals surface area contributed by atoms with E-state index in [0.29, 0.717) is 11.3 Å². The number of esters is 1. The first-order valence-electron chi connectivity index (χ1n) is 9.66. The highest BCUT2D eigenvalue weighted by Gasteiger charge is 2.12. The minimum atomic E-state index is -0.587. The second kappa shape index (κ2) is 9.67. The molecule has 7 nitrogen and oxygen atoms in total. The van der Waals surface area contributed by atoms with Gasteiger partial charge < -0.3 is 25.4 Å². The summed E-state index contributed by atoms with van der Waals surface area (Å²) in [4.78, 5) is 24.1. The summed E-state index contributed by atoms with van der Waals surface area (Å²) >= 11 is 0. The lowest BCUT2D eigenvalue weighted by Gasteiger charge is -2.12. The quantitative estimate of drug-likeness (QED) is 0.341. The number of anilines is 1. The topological polar surface area (TPSA) is 116 Å². The molecule has 0 unspecified atom stereocenters. The van der Waals surface area contributed by atoms with Gasteiger partial charge in [0.05, 0.1) is 13.5 Å². The van der Waals surface area contributed by atoms with Crippen LogP contribution < -0.4 is 5.32 Å². The number of rotatable bonds is 7.